The van der Waals surface area contributed by atoms with Crippen LogP contribution in [0.2, 0.25) is 0 Å². The van der Waals surface area contributed by atoms with E-state index in [2.05, 4.69) is 34.7 Å². The summed E-state index contributed by atoms with van der Waals surface area (Å²) in [6.45, 7) is 10.9. The van der Waals surface area contributed by atoms with E-state index in [0.29, 0.717) is 29.0 Å². The summed E-state index contributed by atoms with van der Waals surface area (Å²) in [6.07, 6.45) is 0. The van der Waals surface area contributed by atoms with E-state index < -0.39 is 0 Å². The number of aromatic nitrogens is 3. The van der Waals surface area contributed by atoms with E-state index in [1.165, 1.54) is 11.8 Å². The average Bonchev–Trinajstić information content (AvgIpc) is 3.24. The normalized spacial score (nSPS) is 12.1. The fourth-order valence-corrected chi connectivity index (χ4v) is 4.52. The van der Waals surface area contributed by atoms with Gasteiger partial charge in [0, 0.05) is 17.8 Å². The number of para-hydroxylation sites is 1. The predicted molar refractivity (Wildman–Crippen MR) is 137 cm³/mol. The Morgan fingerprint density at radius 1 is 0.971 bits per heavy atom. The SMILES string of the molecule is CCn1c(SCC(=O)Nc2ccccc2C(C)C)nnc1[C@@H](NC(=O)c1ccccc1)C(C)C. The molecule has 7 nitrogen and oxygen atoms in total. The standard InChI is InChI=1S/C26H33N5O2S/c1-6-31-24(23(18(4)5)28-25(33)19-12-8-7-9-13-19)29-30-26(31)34-16-22(32)27-21-15-11-10-14-20(21)17(2)3/h7-15,17-18,23H,6,16H2,1-5H3,(H,27,32)(H,28,33)/t23-/m0/s1. The van der Waals surface area contributed by atoms with Crippen molar-refractivity contribution in [3.63, 3.8) is 0 Å². The van der Waals surface area contributed by atoms with Crippen molar-refractivity contribution in [2.75, 3.05) is 11.1 Å². The van der Waals surface area contributed by atoms with Gasteiger partial charge in [-0.05, 0) is 42.5 Å². The highest BCUT2D eigenvalue weighted by Gasteiger charge is 2.26. The lowest BCUT2D eigenvalue weighted by Crippen LogP contribution is -2.33. The molecule has 0 bridgehead atoms. The Morgan fingerprint density at radius 2 is 1.65 bits per heavy atom. The van der Waals surface area contributed by atoms with Gasteiger partial charge in [0.05, 0.1) is 11.8 Å². The third-order valence-electron chi connectivity index (χ3n) is 5.52. The van der Waals surface area contributed by atoms with E-state index in [-0.39, 0.29) is 29.5 Å². The zero-order valence-electron chi connectivity index (χ0n) is 20.4. The topological polar surface area (TPSA) is 88.9 Å². The average molecular weight is 480 g/mol. The molecule has 0 aliphatic carbocycles. The molecule has 0 saturated heterocycles. The van der Waals surface area contributed by atoms with Crippen LogP contribution in [0, 0.1) is 5.92 Å². The summed E-state index contributed by atoms with van der Waals surface area (Å²) in [4.78, 5) is 25.4. The Hall–Kier alpha value is -3.13. The summed E-state index contributed by atoms with van der Waals surface area (Å²) < 4.78 is 1.97. The minimum Gasteiger partial charge on any atom is -0.342 e. The van der Waals surface area contributed by atoms with Gasteiger partial charge < -0.3 is 15.2 Å². The maximum Gasteiger partial charge on any atom is 0.251 e. The smallest absolute Gasteiger partial charge is 0.251 e. The van der Waals surface area contributed by atoms with Crippen molar-refractivity contribution in [3.05, 3.63) is 71.5 Å². The number of anilines is 1. The maximum atomic E-state index is 12.8. The van der Waals surface area contributed by atoms with Crippen LogP contribution in [-0.2, 0) is 11.3 Å². The van der Waals surface area contributed by atoms with Crippen molar-refractivity contribution in [1.82, 2.24) is 20.1 Å². The summed E-state index contributed by atoms with van der Waals surface area (Å²) in [5.74, 6) is 1.08. The molecule has 1 aromatic heterocycles. The van der Waals surface area contributed by atoms with Crippen molar-refractivity contribution in [1.29, 1.82) is 0 Å². The highest BCUT2D eigenvalue weighted by molar-refractivity contribution is 7.99. The second-order valence-corrected chi connectivity index (χ2v) is 9.67. The number of hydrogen-bond acceptors (Lipinski definition) is 5. The number of rotatable bonds is 10. The minimum atomic E-state index is -0.304. The molecule has 1 heterocycles. The van der Waals surface area contributed by atoms with Crippen molar-refractivity contribution in [3.8, 4) is 0 Å². The van der Waals surface area contributed by atoms with Gasteiger partial charge in [-0.2, -0.15) is 0 Å². The second-order valence-electron chi connectivity index (χ2n) is 8.73. The molecule has 0 radical (unpaired) electrons. The number of hydrogen-bond donors (Lipinski definition) is 2. The Labute approximate surface area is 205 Å². The molecule has 180 valence electrons. The van der Waals surface area contributed by atoms with Gasteiger partial charge in [-0.3, -0.25) is 9.59 Å². The Morgan fingerprint density at radius 3 is 2.29 bits per heavy atom. The molecule has 0 unspecified atom stereocenters. The molecule has 1 atom stereocenters. The molecule has 2 N–H and O–H groups in total. The summed E-state index contributed by atoms with van der Waals surface area (Å²) in [7, 11) is 0. The van der Waals surface area contributed by atoms with E-state index >= 15 is 0 Å². The Bertz CT molecular complexity index is 1110. The molecule has 0 spiro atoms. The fraction of sp³-hybridized carbons (Fsp3) is 0.385. The lowest BCUT2D eigenvalue weighted by Gasteiger charge is -2.22. The molecule has 34 heavy (non-hydrogen) atoms. The number of benzene rings is 2. The monoisotopic (exact) mass is 479 g/mol. The zero-order chi connectivity index (χ0) is 24.7. The van der Waals surface area contributed by atoms with Crippen molar-refractivity contribution in [2.24, 2.45) is 5.92 Å². The lowest BCUT2D eigenvalue weighted by molar-refractivity contribution is -0.113. The first-order valence-corrected chi connectivity index (χ1v) is 12.6. The van der Waals surface area contributed by atoms with Gasteiger partial charge in [0.2, 0.25) is 5.91 Å². The van der Waals surface area contributed by atoms with Gasteiger partial charge in [-0.25, -0.2) is 0 Å². The van der Waals surface area contributed by atoms with Crippen LogP contribution in [0.25, 0.3) is 0 Å². The van der Waals surface area contributed by atoms with Crippen LogP contribution >= 0.6 is 11.8 Å². The van der Waals surface area contributed by atoms with Crippen LogP contribution in [0.4, 0.5) is 5.69 Å². The molecule has 0 aliphatic rings. The van der Waals surface area contributed by atoms with E-state index in [9.17, 15) is 9.59 Å². The van der Waals surface area contributed by atoms with Crippen molar-refractivity contribution in [2.45, 2.75) is 58.3 Å². The molecule has 8 heteroatoms. The Kier molecular flexibility index (Phi) is 8.87. The van der Waals surface area contributed by atoms with E-state index in [1.807, 2.05) is 67.8 Å². The highest BCUT2D eigenvalue weighted by atomic mass is 32.2. The largest absolute Gasteiger partial charge is 0.342 e. The first-order valence-electron chi connectivity index (χ1n) is 11.6. The van der Waals surface area contributed by atoms with Gasteiger partial charge >= 0.3 is 0 Å². The number of amides is 2. The second kappa shape index (κ2) is 11.8. The summed E-state index contributed by atoms with van der Waals surface area (Å²) in [5, 5.41) is 15.5. The number of thioether (sulfide) groups is 1. The van der Waals surface area contributed by atoms with E-state index in [4.69, 9.17) is 0 Å². The van der Waals surface area contributed by atoms with Crippen LogP contribution in [-0.4, -0.2) is 32.3 Å². The molecule has 2 aromatic carbocycles. The highest BCUT2D eigenvalue weighted by Crippen LogP contribution is 2.27. The molecular formula is C26H33N5O2S. The van der Waals surface area contributed by atoms with Gasteiger partial charge in [0.1, 0.15) is 0 Å². The van der Waals surface area contributed by atoms with E-state index in [1.54, 1.807) is 12.1 Å². The van der Waals surface area contributed by atoms with Crippen LogP contribution in [0.5, 0.6) is 0 Å². The van der Waals surface area contributed by atoms with Crippen LogP contribution in [0.1, 0.15) is 68.3 Å². The fourth-order valence-electron chi connectivity index (χ4n) is 3.71. The van der Waals surface area contributed by atoms with Gasteiger partial charge in [0.15, 0.2) is 11.0 Å². The number of nitrogens with one attached hydrogen (secondary N) is 2. The summed E-state index contributed by atoms with van der Waals surface area (Å²) in [5.41, 5.74) is 2.54. The number of carbonyl (C=O) groups excluding carboxylic acids is 2. The number of nitrogens with zero attached hydrogens (tertiary/aromatic N) is 3. The van der Waals surface area contributed by atoms with Gasteiger partial charge in [-0.15, -0.1) is 10.2 Å². The molecule has 2 amide bonds. The summed E-state index contributed by atoms with van der Waals surface area (Å²) in [6, 6.07) is 16.7. The third-order valence-corrected chi connectivity index (χ3v) is 6.49. The van der Waals surface area contributed by atoms with Gasteiger partial charge in [0.25, 0.3) is 5.91 Å². The Balaban J connectivity index is 1.71. The van der Waals surface area contributed by atoms with Crippen LogP contribution in [0.15, 0.2) is 59.8 Å². The molecule has 0 aliphatic heterocycles. The predicted octanol–water partition coefficient (Wildman–Crippen LogP) is 5.28. The zero-order valence-corrected chi connectivity index (χ0v) is 21.2. The van der Waals surface area contributed by atoms with E-state index in [0.717, 1.165) is 11.3 Å². The molecular weight excluding hydrogens is 446 g/mol. The maximum absolute atomic E-state index is 12.8. The molecule has 0 fully saturated rings. The molecule has 3 rings (SSSR count). The molecule has 0 saturated carbocycles. The van der Waals surface area contributed by atoms with Crippen LogP contribution in [0.3, 0.4) is 0 Å². The minimum absolute atomic E-state index is 0.0944. The first-order chi connectivity index (χ1) is 16.3. The van der Waals surface area contributed by atoms with Crippen molar-refractivity contribution >= 4 is 29.3 Å². The van der Waals surface area contributed by atoms with Crippen LogP contribution < -0.4 is 10.6 Å². The lowest BCUT2D eigenvalue weighted by atomic mass is 10.0. The number of carbonyl (C=O) groups is 2. The molecule has 3 aromatic rings. The first kappa shape index (κ1) is 25.5. The third kappa shape index (κ3) is 6.26. The quantitative estimate of drug-likeness (QED) is 0.386. The summed E-state index contributed by atoms with van der Waals surface area (Å²) >= 11 is 1.34. The van der Waals surface area contributed by atoms with Gasteiger partial charge in [-0.1, -0.05) is 75.9 Å². The van der Waals surface area contributed by atoms with Crippen molar-refractivity contribution < 1.29 is 9.59 Å².